The van der Waals surface area contributed by atoms with Gasteiger partial charge in [0.25, 0.3) is 0 Å². The van der Waals surface area contributed by atoms with E-state index in [0.29, 0.717) is 6.42 Å². The van der Waals surface area contributed by atoms with Crippen LogP contribution >= 0.6 is 0 Å². The van der Waals surface area contributed by atoms with Crippen LogP contribution in [-0.2, 0) is 27.2 Å². The fraction of sp³-hybridized carbons (Fsp3) is 0.391. The summed E-state index contributed by atoms with van der Waals surface area (Å²) in [4.78, 5) is 26.8. The Bertz CT molecular complexity index is 916. The molecule has 3 rings (SSSR count). The zero-order valence-corrected chi connectivity index (χ0v) is 17.5. The number of nitrogens with zero attached hydrogens (tertiary/aromatic N) is 1. The molecule has 154 valence electrons. The second-order valence-corrected chi connectivity index (χ2v) is 7.99. The fourth-order valence-corrected chi connectivity index (χ4v) is 3.59. The molecule has 1 aliphatic rings. The summed E-state index contributed by atoms with van der Waals surface area (Å²) in [6.45, 7) is 5.65. The molecule has 6 nitrogen and oxygen atoms in total. The first-order valence-corrected chi connectivity index (χ1v) is 9.56. The van der Waals surface area contributed by atoms with Crippen molar-refractivity contribution in [3.8, 4) is 16.9 Å². The van der Waals surface area contributed by atoms with Crippen LogP contribution in [0.3, 0.4) is 0 Å². The second kappa shape index (κ2) is 8.15. The van der Waals surface area contributed by atoms with Crippen LogP contribution in [0.15, 0.2) is 42.5 Å². The maximum absolute atomic E-state index is 12.9. The first kappa shape index (κ1) is 20.7. The number of carbonyl (C=O) groups excluding carboxylic acids is 2. The van der Waals surface area contributed by atoms with Gasteiger partial charge in [0.2, 0.25) is 0 Å². The Hall–Kier alpha value is -3.02. The van der Waals surface area contributed by atoms with Gasteiger partial charge >= 0.3 is 12.1 Å². The first-order chi connectivity index (χ1) is 13.7. The van der Waals surface area contributed by atoms with E-state index in [4.69, 9.17) is 14.2 Å². The number of hydrogen-bond donors (Lipinski definition) is 0. The molecule has 0 saturated heterocycles. The summed E-state index contributed by atoms with van der Waals surface area (Å²) in [6.07, 6.45) is -0.169. The van der Waals surface area contributed by atoms with Crippen LogP contribution in [0.2, 0.25) is 0 Å². The zero-order valence-electron chi connectivity index (χ0n) is 17.5. The normalized spacial score (nSPS) is 16.0. The maximum atomic E-state index is 12.9. The number of benzene rings is 2. The second-order valence-electron chi connectivity index (χ2n) is 7.99. The van der Waals surface area contributed by atoms with E-state index < -0.39 is 23.7 Å². The molecule has 0 radical (unpaired) electrons. The lowest BCUT2D eigenvalue weighted by Gasteiger charge is -2.37. The van der Waals surface area contributed by atoms with Crippen LogP contribution in [0.4, 0.5) is 4.79 Å². The van der Waals surface area contributed by atoms with Crippen molar-refractivity contribution in [2.24, 2.45) is 0 Å². The number of methoxy groups -OCH3 is 2. The van der Waals surface area contributed by atoms with Gasteiger partial charge in [0, 0.05) is 12.0 Å². The summed E-state index contributed by atoms with van der Waals surface area (Å²) in [6, 6.07) is 13.0. The van der Waals surface area contributed by atoms with Crippen molar-refractivity contribution < 1.29 is 23.8 Å². The summed E-state index contributed by atoms with van der Waals surface area (Å²) in [5.74, 6) is 0.295. The molecule has 0 aromatic heterocycles. The van der Waals surface area contributed by atoms with Gasteiger partial charge in [-0.1, -0.05) is 36.4 Å². The van der Waals surface area contributed by atoms with E-state index >= 15 is 0 Å². The topological polar surface area (TPSA) is 65.1 Å². The number of amides is 1. The minimum Gasteiger partial charge on any atom is -0.496 e. The van der Waals surface area contributed by atoms with Crippen LogP contribution in [0, 0.1) is 0 Å². The summed E-state index contributed by atoms with van der Waals surface area (Å²) in [5, 5.41) is 0. The van der Waals surface area contributed by atoms with E-state index in [9.17, 15) is 9.59 Å². The van der Waals surface area contributed by atoms with E-state index in [2.05, 4.69) is 0 Å². The molecule has 0 bridgehead atoms. The molecular weight excluding hydrogens is 370 g/mol. The minimum atomic E-state index is -0.727. The average Bonchev–Trinajstić information content (AvgIpc) is 2.70. The van der Waals surface area contributed by atoms with E-state index in [-0.39, 0.29) is 6.54 Å². The van der Waals surface area contributed by atoms with Crippen molar-refractivity contribution in [1.29, 1.82) is 0 Å². The number of ether oxygens (including phenoxy) is 3. The quantitative estimate of drug-likeness (QED) is 0.727. The first-order valence-electron chi connectivity index (χ1n) is 9.56. The number of para-hydroxylation sites is 1. The predicted molar refractivity (Wildman–Crippen MR) is 110 cm³/mol. The van der Waals surface area contributed by atoms with Gasteiger partial charge < -0.3 is 14.2 Å². The van der Waals surface area contributed by atoms with Gasteiger partial charge in [0.15, 0.2) is 0 Å². The van der Waals surface area contributed by atoms with Crippen LogP contribution in [-0.4, -0.2) is 42.8 Å². The van der Waals surface area contributed by atoms with Gasteiger partial charge in [0.1, 0.15) is 17.4 Å². The van der Waals surface area contributed by atoms with Crippen molar-refractivity contribution in [2.45, 2.75) is 45.4 Å². The Kier molecular flexibility index (Phi) is 5.82. The van der Waals surface area contributed by atoms with Gasteiger partial charge in [-0.15, -0.1) is 0 Å². The number of hydrogen-bond acceptors (Lipinski definition) is 5. The standard InChI is InChI=1S/C23H27NO5/c1-23(2,3)29-22(26)24-14-18-15(13-19(24)21(25)28-5)9-8-11-16(18)17-10-6-7-12-20(17)27-4/h6-12,19H,13-14H2,1-5H3. The van der Waals surface area contributed by atoms with Gasteiger partial charge in [-0.2, -0.15) is 0 Å². The molecule has 2 aromatic carbocycles. The van der Waals surface area contributed by atoms with Crippen molar-refractivity contribution in [1.82, 2.24) is 4.90 Å². The highest BCUT2D eigenvalue weighted by atomic mass is 16.6. The third kappa shape index (κ3) is 4.36. The highest BCUT2D eigenvalue weighted by Crippen LogP contribution is 2.37. The Labute approximate surface area is 171 Å². The third-order valence-corrected chi connectivity index (χ3v) is 4.89. The van der Waals surface area contributed by atoms with Crippen molar-refractivity contribution in [3.05, 3.63) is 53.6 Å². The molecule has 0 N–H and O–H groups in total. The van der Waals surface area contributed by atoms with Gasteiger partial charge in [0.05, 0.1) is 20.8 Å². The van der Waals surface area contributed by atoms with Gasteiger partial charge in [-0.05, 0) is 43.5 Å². The van der Waals surface area contributed by atoms with Crippen LogP contribution < -0.4 is 4.74 Å². The Morgan fingerprint density at radius 3 is 2.34 bits per heavy atom. The molecular formula is C23H27NO5. The number of esters is 1. The smallest absolute Gasteiger partial charge is 0.411 e. The van der Waals surface area contributed by atoms with Crippen molar-refractivity contribution in [3.63, 3.8) is 0 Å². The van der Waals surface area contributed by atoms with E-state index in [1.807, 2.05) is 42.5 Å². The Morgan fingerprint density at radius 2 is 1.69 bits per heavy atom. The summed E-state index contributed by atoms with van der Waals surface area (Å²) < 4.78 is 16.0. The molecule has 1 atom stereocenters. The monoisotopic (exact) mass is 397 g/mol. The molecule has 1 aliphatic heterocycles. The molecule has 2 aromatic rings. The molecule has 0 aliphatic carbocycles. The molecule has 0 spiro atoms. The Balaban J connectivity index is 2.07. The van der Waals surface area contributed by atoms with Crippen LogP contribution in [0.25, 0.3) is 11.1 Å². The highest BCUT2D eigenvalue weighted by molar-refractivity contribution is 5.84. The average molecular weight is 397 g/mol. The van der Waals surface area contributed by atoms with E-state index in [0.717, 1.165) is 28.0 Å². The lowest BCUT2D eigenvalue weighted by atomic mass is 9.88. The fourth-order valence-electron chi connectivity index (χ4n) is 3.59. The molecule has 6 heteroatoms. The molecule has 0 fully saturated rings. The minimum absolute atomic E-state index is 0.248. The third-order valence-electron chi connectivity index (χ3n) is 4.89. The van der Waals surface area contributed by atoms with E-state index in [1.165, 1.54) is 12.0 Å². The molecule has 1 heterocycles. The summed E-state index contributed by atoms with van der Waals surface area (Å²) in [7, 11) is 2.96. The van der Waals surface area contributed by atoms with Gasteiger partial charge in [-0.25, -0.2) is 9.59 Å². The Morgan fingerprint density at radius 1 is 1.00 bits per heavy atom. The molecule has 0 saturated carbocycles. The number of rotatable bonds is 3. The number of fused-ring (bicyclic) bond motifs is 1. The molecule has 1 amide bonds. The molecule has 29 heavy (non-hydrogen) atoms. The lowest BCUT2D eigenvalue weighted by Crippen LogP contribution is -2.50. The SMILES string of the molecule is COC(=O)C1Cc2cccc(-c3ccccc3OC)c2CN1C(=O)OC(C)(C)C. The summed E-state index contributed by atoms with van der Waals surface area (Å²) in [5.41, 5.74) is 3.22. The largest absolute Gasteiger partial charge is 0.496 e. The number of carbonyl (C=O) groups is 2. The van der Waals surface area contributed by atoms with Crippen LogP contribution in [0.1, 0.15) is 31.9 Å². The lowest BCUT2D eigenvalue weighted by molar-refractivity contribution is -0.147. The van der Waals surface area contributed by atoms with Crippen molar-refractivity contribution >= 4 is 12.1 Å². The predicted octanol–water partition coefficient (Wildman–Crippen LogP) is 4.20. The maximum Gasteiger partial charge on any atom is 0.411 e. The van der Waals surface area contributed by atoms with Gasteiger partial charge in [-0.3, -0.25) is 4.90 Å². The van der Waals surface area contributed by atoms with Crippen LogP contribution in [0.5, 0.6) is 5.75 Å². The summed E-state index contributed by atoms with van der Waals surface area (Å²) >= 11 is 0. The van der Waals surface area contributed by atoms with E-state index in [1.54, 1.807) is 27.9 Å². The molecule has 1 unspecified atom stereocenters. The highest BCUT2D eigenvalue weighted by Gasteiger charge is 2.38. The zero-order chi connectivity index (χ0) is 21.2. The van der Waals surface area contributed by atoms with Crippen molar-refractivity contribution in [2.75, 3.05) is 14.2 Å².